The van der Waals surface area contributed by atoms with Gasteiger partial charge in [-0.1, -0.05) is 37.0 Å². The van der Waals surface area contributed by atoms with Crippen molar-refractivity contribution in [1.29, 1.82) is 5.26 Å². The number of hydrogen-bond acceptors (Lipinski definition) is 3. The van der Waals surface area contributed by atoms with Gasteiger partial charge in [0.1, 0.15) is 11.6 Å². The predicted molar refractivity (Wildman–Crippen MR) is 81.6 cm³/mol. The molecule has 0 aliphatic carbocycles. The second kappa shape index (κ2) is 7.78. The molecule has 0 bridgehead atoms. The number of amides is 1. The van der Waals surface area contributed by atoms with Gasteiger partial charge in [0, 0.05) is 17.8 Å². The average Bonchev–Trinajstić information content (AvgIpc) is 2.38. The summed E-state index contributed by atoms with van der Waals surface area (Å²) < 4.78 is 0. The van der Waals surface area contributed by atoms with Gasteiger partial charge in [-0.25, -0.2) is 0 Å². The van der Waals surface area contributed by atoms with Gasteiger partial charge in [-0.2, -0.15) is 5.26 Å². The zero-order chi connectivity index (χ0) is 15.1. The molecular formula is C14H15Cl2N3O. The number of halogens is 2. The molecule has 1 aromatic rings. The minimum absolute atomic E-state index is 0.0262. The van der Waals surface area contributed by atoms with Crippen molar-refractivity contribution in [2.24, 2.45) is 5.92 Å². The molecule has 0 saturated heterocycles. The zero-order valence-electron chi connectivity index (χ0n) is 11.2. The van der Waals surface area contributed by atoms with Crippen LogP contribution in [-0.4, -0.2) is 12.5 Å². The number of nitrogens with one attached hydrogen (secondary N) is 2. The predicted octanol–water partition coefficient (Wildman–Crippen LogP) is 3.58. The van der Waals surface area contributed by atoms with Crippen molar-refractivity contribution in [2.75, 3.05) is 11.9 Å². The van der Waals surface area contributed by atoms with Crippen LogP contribution >= 0.6 is 23.2 Å². The third kappa shape index (κ3) is 5.12. The van der Waals surface area contributed by atoms with Crippen LogP contribution in [0.4, 0.5) is 5.69 Å². The summed E-state index contributed by atoms with van der Waals surface area (Å²) in [5.74, 6) is -0.121. The Hall–Kier alpha value is -1.70. The molecule has 4 nitrogen and oxygen atoms in total. The number of nitriles is 1. The molecule has 0 saturated carbocycles. The highest BCUT2D eigenvalue weighted by molar-refractivity contribution is 6.35. The molecule has 0 aliphatic rings. The molecule has 1 rings (SSSR count). The van der Waals surface area contributed by atoms with Crippen LogP contribution in [-0.2, 0) is 4.79 Å². The van der Waals surface area contributed by atoms with Crippen molar-refractivity contribution < 1.29 is 4.79 Å². The van der Waals surface area contributed by atoms with Crippen molar-refractivity contribution >= 4 is 34.8 Å². The molecule has 0 aliphatic heterocycles. The first-order valence-electron chi connectivity index (χ1n) is 6.04. The van der Waals surface area contributed by atoms with Gasteiger partial charge >= 0.3 is 0 Å². The van der Waals surface area contributed by atoms with Gasteiger partial charge in [0.2, 0.25) is 0 Å². The Morgan fingerprint density at radius 2 is 2.15 bits per heavy atom. The molecule has 1 amide bonds. The van der Waals surface area contributed by atoms with E-state index in [1.807, 2.05) is 19.9 Å². The first-order chi connectivity index (χ1) is 9.43. The lowest BCUT2D eigenvalue weighted by Gasteiger charge is -2.08. The van der Waals surface area contributed by atoms with E-state index in [1.54, 1.807) is 12.1 Å². The Labute approximate surface area is 128 Å². The normalized spacial score (nSPS) is 11.1. The van der Waals surface area contributed by atoms with Crippen LogP contribution in [0, 0.1) is 17.2 Å². The molecular weight excluding hydrogens is 297 g/mol. The van der Waals surface area contributed by atoms with Crippen molar-refractivity contribution in [1.82, 2.24) is 5.32 Å². The van der Waals surface area contributed by atoms with Crippen LogP contribution in [0.2, 0.25) is 10.0 Å². The molecule has 1 aromatic carbocycles. The third-order valence-corrected chi connectivity index (χ3v) is 2.88. The van der Waals surface area contributed by atoms with Crippen LogP contribution in [0.5, 0.6) is 0 Å². The monoisotopic (exact) mass is 311 g/mol. The van der Waals surface area contributed by atoms with E-state index in [4.69, 9.17) is 28.5 Å². The summed E-state index contributed by atoms with van der Waals surface area (Å²) in [6.07, 6.45) is 1.40. The Morgan fingerprint density at radius 3 is 2.75 bits per heavy atom. The second-order valence-electron chi connectivity index (χ2n) is 4.55. The third-order valence-electron chi connectivity index (χ3n) is 2.31. The van der Waals surface area contributed by atoms with E-state index >= 15 is 0 Å². The molecule has 6 heteroatoms. The maximum absolute atomic E-state index is 11.9. The van der Waals surface area contributed by atoms with Gasteiger partial charge in [-0.3, -0.25) is 4.79 Å². The van der Waals surface area contributed by atoms with Crippen LogP contribution in [0.3, 0.4) is 0 Å². The highest BCUT2D eigenvalue weighted by Crippen LogP contribution is 2.25. The molecule has 20 heavy (non-hydrogen) atoms. The zero-order valence-corrected chi connectivity index (χ0v) is 12.7. The van der Waals surface area contributed by atoms with Crippen molar-refractivity contribution in [3.63, 3.8) is 0 Å². The minimum atomic E-state index is -0.534. The van der Waals surface area contributed by atoms with E-state index in [9.17, 15) is 4.79 Å². The number of carbonyl (C=O) groups excluding carboxylic acids is 1. The largest absolute Gasteiger partial charge is 0.389 e. The highest BCUT2D eigenvalue weighted by Gasteiger charge is 2.11. The minimum Gasteiger partial charge on any atom is -0.389 e. The van der Waals surface area contributed by atoms with Crippen LogP contribution < -0.4 is 10.6 Å². The maximum atomic E-state index is 11.9. The Morgan fingerprint density at radius 1 is 1.45 bits per heavy atom. The lowest BCUT2D eigenvalue weighted by Crippen LogP contribution is -2.19. The van der Waals surface area contributed by atoms with E-state index in [0.717, 1.165) is 0 Å². The number of rotatable bonds is 5. The van der Waals surface area contributed by atoms with Gasteiger partial charge in [0.15, 0.2) is 0 Å². The van der Waals surface area contributed by atoms with E-state index in [1.165, 1.54) is 12.3 Å². The lowest BCUT2D eigenvalue weighted by molar-refractivity contribution is -0.112. The number of nitrogens with zero attached hydrogens (tertiary/aromatic N) is 1. The first-order valence-corrected chi connectivity index (χ1v) is 6.79. The molecule has 0 atom stereocenters. The topological polar surface area (TPSA) is 64.9 Å². The molecule has 0 unspecified atom stereocenters. The smallest absolute Gasteiger partial charge is 0.267 e. The maximum Gasteiger partial charge on any atom is 0.267 e. The molecule has 0 spiro atoms. The summed E-state index contributed by atoms with van der Waals surface area (Å²) in [7, 11) is 0. The Balaban J connectivity index is 2.78. The molecule has 0 fully saturated rings. The summed E-state index contributed by atoms with van der Waals surface area (Å²) in [6.45, 7) is 4.73. The van der Waals surface area contributed by atoms with Crippen molar-refractivity contribution in [3.05, 3.63) is 40.0 Å². The summed E-state index contributed by atoms with van der Waals surface area (Å²) in [5.41, 5.74) is 0.343. The lowest BCUT2D eigenvalue weighted by atomic mass is 10.2. The Bertz CT molecular complexity index is 562. The van der Waals surface area contributed by atoms with Crippen LogP contribution in [0.1, 0.15) is 13.8 Å². The fourth-order valence-corrected chi connectivity index (χ4v) is 1.67. The fourth-order valence-electron chi connectivity index (χ4n) is 1.33. The number of hydrogen-bond donors (Lipinski definition) is 2. The van der Waals surface area contributed by atoms with Gasteiger partial charge < -0.3 is 10.6 Å². The number of carbonyl (C=O) groups is 1. The van der Waals surface area contributed by atoms with Crippen LogP contribution in [0.25, 0.3) is 0 Å². The average molecular weight is 312 g/mol. The summed E-state index contributed by atoms with van der Waals surface area (Å²) in [5, 5.41) is 15.3. The van der Waals surface area contributed by atoms with Gasteiger partial charge in [0.05, 0.1) is 10.7 Å². The molecule has 2 N–H and O–H groups in total. The van der Waals surface area contributed by atoms with E-state index in [2.05, 4.69) is 10.6 Å². The molecule has 0 heterocycles. The second-order valence-corrected chi connectivity index (χ2v) is 5.39. The SMILES string of the molecule is CC(C)CN/C=C(/C#N)C(=O)Nc1cc(Cl)ccc1Cl. The first kappa shape index (κ1) is 16.4. The summed E-state index contributed by atoms with van der Waals surface area (Å²) >= 11 is 11.8. The van der Waals surface area contributed by atoms with Crippen molar-refractivity contribution in [2.45, 2.75) is 13.8 Å². The van der Waals surface area contributed by atoms with E-state index in [0.29, 0.717) is 28.2 Å². The van der Waals surface area contributed by atoms with Gasteiger partial charge in [-0.15, -0.1) is 0 Å². The van der Waals surface area contributed by atoms with E-state index in [-0.39, 0.29) is 5.57 Å². The molecule has 106 valence electrons. The fraction of sp³-hybridized carbons (Fsp3) is 0.286. The highest BCUT2D eigenvalue weighted by atomic mass is 35.5. The van der Waals surface area contributed by atoms with Crippen molar-refractivity contribution in [3.8, 4) is 6.07 Å². The summed E-state index contributed by atoms with van der Waals surface area (Å²) in [4.78, 5) is 11.9. The van der Waals surface area contributed by atoms with E-state index < -0.39 is 5.91 Å². The summed E-state index contributed by atoms with van der Waals surface area (Å²) in [6, 6.07) is 6.56. The molecule has 0 radical (unpaired) electrons. The molecule has 0 aromatic heterocycles. The van der Waals surface area contributed by atoms with Gasteiger partial charge in [0.25, 0.3) is 5.91 Å². The number of anilines is 1. The standard InChI is InChI=1S/C14H15Cl2N3O/c1-9(2)7-18-8-10(6-17)14(20)19-13-5-11(15)3-4-12(13)16/h3-5,8-9,18H,7H2,1-2H3,(H,19,20)/b10-8-. The number of benzene rings is 1. The quantitative estimate of drug-likeness (QED) is 0.645. The Kier molecular flexibility index (Phi) is 6.37. The van der Waals surface area contributed by atoms with Crippen LogP contribution in [0.15, 0.2) is 30.0 Å². The van der Waals surface area contributed by atoms with Gasteiger partial charge in [-0.05, 0) is 24.1 Å².